The van der Waals surface area contributed by atoms with E-state index < -0.39 is 0 Å². The van der Waals surface area contributed by atoms with Crippen molar-refractivity contribution in [3.63, 3.8) is 0 Å². The molecule has 0 N–H and O–H groups in total. The van der Waals surface area contributed by atoms with Crippen LogP contribution in [0.25, 0.3) is 0 Å². The van der Waals surface area contributed by atoms with E-state index in [-0.39, 0.29) is 5.91 Å². The first kappa shape index (κ1) is 17.1. The summed E-state index contributed by atoms with van der Waals surface area (Å²) in [6.45, 7) is 10.5. The van der Waals surface area contributed by atoms with Crippen molar-refractivity contribution in [1.82, 2.24) is 4.90 Å². The van der Waals surface area contributed by atoms with Crippen molar-refractivity contribution >= 4 is 17.5 Å². The van der Waals surface area contributed by atoms with Crippen LogP contribution in [-0.2, 0) is 0 Å². The molecule has 0 unspecified atom stereocenters. The number of ether oxygens (including phenoxy) is 2. The van der Waals surface area contributed by atoms with Crippen molar-refractivity contribution in [2.75, 3.05) is 26.8 Å². The second-order valence-corrected chi connectivity index (χ2v) is 4.62. The normalized spacial score (nSPS) is 9.86. The topological polar surface area (TPSA) is 38.8 Å². The highest BCUT2D eigenvalue weighted by atomic mass is 35.5. The van der Waals surface area contributed by atoms with Crippen LogP contribution >= 0.6 is 11.6 Å². The Balaban J connectivity index is 3.17. The number of hydrogen-bond donors (Lipinski definition) is 0. The number of halogens is 1. The Labute approximate surface area is 130 Å². The highest BCUT2D eigenvalue weighted by Gasteiger charge is 2.19. The highest BCUT2D eigenvalue weighted by Crippen LogP contribution is 2.36. The van der Waals surface area contributed by atoms with Crippen LogP contribution in [0.3, 0.4) is 0 Å². The fraction of sp³-hybridized carbons (Fsp3) is 0.312. The van der Waals surface area contributed by atoms with Crippen molar-refractivity contribution in [3.05, 3.63) is 48.0 Å². The molecule has 0 aliphatic carbocycles. The van der Waals surface area contributed by atoms with Crippen molar-refractivity contribution in [2.24, 2.45) is 0 Å². The van der Waals surface area contributed by atoms with Gasteiger partial charge in [0.05, 0.1) is 18.7 Å². The summed E-state index contributed by atoms with van der Waals surface area (Å²) in [7, 11) is 1.51. The molecule has 5 heteroatoms. The molecular formula is C16H20ClNO3. The number of hydrogen-bond acceptors (Lipinski definition) is 3. The third-order valence-electron chi connectivity index (χ3n) is 2.75. The minimum atomic E-state index is -0.168. The summed E-state index contributed by atoms with van der Waals surface area (Å²) >= 11 is 6.18. The molecule has 1 aromatic rings. The zero-order chi connectivity index (χ0) is 15.8. The Hall–Kier alpha value is -1.94. The third-order valence-corrected chi connectivity index (χ3v) is 3.03. The monoisotopic (exact) mass is 309 g/mol. The molecule has 0 heterocycles. The van der Waals surface area contributed by atoms with Gasteiger partial charge in [-0.2, -0.15) is 0 Å². The van der Waals surface area contributed by atoms with Gasteiger partial charge in [0, 0.05) is 18.7 Å². The van der Waals surface area contributed by atoms with Crippen LogP contribution in [0.15, 0.2) is 37.4 Å². The molecule has 0 aliphatic rings. The molecule has 0 fully saturated rings. The lowest BCUT2D eigenvalue weighted by Crippen LogP contribution is -2.31. The van der Waals surface area contributed by atoms with Crippen LogP contribution in [0.5, 0.6) is 11.5 Å². The predicted octanol–water partition coefficient (Wildman–Crippen LogP) is 3.56. The number of benzene rings is 1. The maximum atomic E-state index is 12.5. The van der Waals surface area contributed by atoms with E-state index >= 15 is 0 Å². The summed E-state index contributed by atoms with van der Waals surface area (Å²) in [4.78, 5) is 14.1. The average molecular weight is 310 g/mol. The second-order valence-electron chi connectivity index (χ2n) is 4.21. The van der Waals surface area contributed by atoms with E-state index in [0.717, 1.165) is 0 Å². The van der Waals surface area contributed by atoms with E-state index in [1.54, 1.807) is 29.2 Å². The van der Waals surface area contributed by atoms with Crippen molar-refractivity contribution in [2.45, 2.75) is 6.92 Å². The quantitative estimate of drug-likeness (QED) is 0.689. The number of amides is 1. The van der Waals surface area contributed by atoms with Gasteiger partial charge >= 0.3 is 0 Å². The standard InChI is InChI=1S/C16H20ClNO3/c1-5-8-18(9-6-2)16(19)12-10-13(17)15(21-7-3)14(11-12)20-4/h5-6,10-11H,1-2,7-9H2,3-4H3. The molecular weight excluding hydrogens is 290 g/mol. The molecule has 0 radical (unpaired) electrons. The Morgan fingerprint density at radius 1 is 1.33 bits per heavy atom. The molecule has 1 amide bonds. The number of nitrogens with zero attached hydrogens (tertiary/aromatic N) is 1. The Kier molecular flexibility index (Phi) is 6.82. The molecule has 114 valence electrons. The van der Waals surface area contributed by atoms with Crippen LogP contribution in [0.2, 0.25) is 5.02 Å². The van der Waals surface area contributed by atoms with Gasteiger partial charge < -0.3 is 14.4 Å². The van der Waals surface area contributed by atoms with E-state index in [0.29, 0.717) is 41.8 Å². The predicted molar refractivity (Wildman–Crippen MR) is 85.5 cm³/mol. The summed E-state index contributed by atoms with van der Waals surface area (Å²) in [5.74, 6) is 0.708. The van der Waals surface area contributed by atoms with Gasteiger partial charge in [-0.05, 0) is 19.1 Å². The molecule has 21 heavy (non-hydrogen) atoms. The fourth-order valence-electron chi connectivity index (χ4n) is 1.86. The Bertz CT molecular complexity index is 518. The maximum absolute atomic E-state index is 12.5. The van der Waals surface area contributed by atoms with Crippen molar-refractivity contribution in [1.29, 1.82) is 0 Å². The number of carbonyl (C=O) groups excluding carboxylic acids is 1. The molecule has 1 aromatic carbocycles. The molecule has 1 rings (SSSR count). The number of carbonyl (C=O) groups is 1. The van der Waals surface area contributed by atoms with Crippen molar-refractivity contribution < 1.29 is 14.3 Å². The zero-order valence-corrected chi connectivity index (χ0v) is 13.2. The van der Waals surface area contributed by atoms with E-state index in [4.69, 9.17) is 21.1 Å². The molecule has 0 aliphatic heterocycles. The van der Waals surface area contributed by atoms with Gasteiger partial charge in [0.1, 0.15) is 0 Å². The Morgan fingerprint density at radius 2 is 1.95 bits per heavy atom. The molecule has 0 bridgehead atoms. The van der Waals surface area contributed by atoms with E-state index in [2.05, 4.69) is 13.2 Å². The zero-order valence-electron chi connectivity index (χ0n) is 12.4. The maximum Gasteiger partial charge on any atom is 0.254 e. The average Bonchev–Trinajstić information content (AvgIpc) is 2.48. The number of rotatable bonds is 8. The smallest absolute Gasteiger partial charge is 0.254 e. The van der Waals surface area contributed by atoms with Crippen LogP contribution in [0, 0.1) is 0 Å². The second kappa shape index (κ2) is 8.37. The van der Waals surface area contributed by atoms with Gasteiger partial charge in [0.2, 0.25) is 0 Å². The van der Waals surface area contributed by atoms with Crippen LogP contribution < -0.4 is 9.47 Å². The third kappa shape index (κ3) is 4.26. The summed E-state index contributed by atoms with van der Waals surface area (Å²) < 4.78 is 10.7. The summed E-state index contributed by atoms with van der Waals surface area (Å²) in [6, 6.07) is 3.20. The van der Waals surface area contributed by atoms with E-state index in [9.17, 15) is 4.79 Å². The van der Waals surface area contributed by atoms with Gasteiger partial charge in [0.15, 0.2) is 11.5 Å². The first-order valence-electron chi connectivity index (χ1n) is 6.60. The summed E-state index contributed by atoms with van der Waals surface area (Å²) in [6.07, 6.45) is 3.32. The first-order valence-corrected chi connectivity index (χ1v) is 6.98. The highest BCUT2D eigenvalue weighted by molar-refractivity contribution is 6.32. The van der Waals surface area contributed by atoms with E-state index in [1.165, 1.54) is 7.11 Å². The van der Waals surface area contributed by atoms with Gasteiger partial charge in [-0.1, -0.05) is 23.8 Å². The molecule has 0 saturated carbocycles. The van der Waals surface area contributed by atoms with Gasteiger partial charge in [-0.3, -0.25) is 4.79 Å². The Morgan fingerprint density at radius 3 is 2.43 bits per heavy atom. The molecule has 0 spiro atoms. The first-order chi connectivity index (χ1) is 10.1. The summed E-state index contributed by atoms with van der Waals surface area (Å²) in [5.41, 5.74) is 0.434. The fourth-order valence-corrected chi connectivity index (χ4v) is 2.13. The molecule has 0 aromatic heterocycles. The molecule has 0 atom stereocenters. The minimum absolute atomic E-state index is 0.168. The largest absolute Gasteiger partial charge is 0.493 e. The SMILES string of the molecule is C=CCN(CC=C)C(=O)c1cc(Cl)c(OCC)c(OC)c1. The lowest BCUT2D eigenvalue weighted by Gasteiger charge is -2.20. The van der Waals surface area contributed by atoms with Gasteiger partial charge in [0.25, 0.3) is 5.91 Å². The van der Waals surface area contributed by atoms with Crippen LogP contribution in [-0.4, -0.2) is 37.6 Å². The minimum Gasteiger partial charge on any atom is -0.493 e. The molecule has 4 nitrogen and oxygen atoms in total. The van der Waals surface area contributed by atoms with Gasteiger partial charge in [-0.15, -0.1) is 13.2 Å². The van der Waals surface area contributed by atoms with Crippen molar-refractivity contribution in [3.8, 4) is 11.5 Å². The number of methoxy groups -OCH3 is 1. The lowest BCUT2D eigenvalue weighted by atomic mass is 10.1. The lowest BCUT2D eigenvalue weighted by molar-refractivity contribution is 0.0790. The molecule has 0 saturated heterocycles. The summed E-state index contributed by atoms with van der Waals surface area (Å²) in [5, 5.41) is 0.344. The van der Waals surface area contributed by atoms with E-state index in [1.807, 2.05) is 6.92 Å². The van der Waals surface area contributed by atoms with Gasteiger partial charge in [-0.25, -0.2) is 0 Å². The van der Waals surface area contributed by atoms with Crippen LogP contribution in [0.4, 0.5) is 0 Å². The van der Waals surface area contributed by atoms with Crippen LogP contribution in [0.1, 0.15) is 17.3 Å².